The van der Waals surface area contributed by atoms with Crippen LogP contribution in [0.1, 0.15) is 18.2 Å². The summed E-state index contributed by atoms with van der Waals surface area (Å²) in [6, 6.07) is 40.7. The predicted octanol–water partition coefficient (Wildman–Crippen LogP) is 10.5. The van der Waals surface area contributed by atoms with E-state index >= 15 is 0 Å². The highest BCUT2D eigenvalue weighted by atomic mass is 16.3. The third kappa shape index (κ3) is 3.31. The minimum atomic E-state index is 0.874. The monoisotopic (exact) mass is 517 g/mol. The Balaban J connectivity index is 1.33. The first kappa shape index (κ1) is 22.9. The zero-order chi connectivity index (χ0) is 26.8. The Hall–Kier alpha value is -5.02. The number of para-hydroxylation sites is 2. The van der Waals surface area contributed by atoms with Gasteiger partial charge in [0.15, 0.2) is 0 Å². The molecule has 0 atom stereocenters. The first-order valence-corrected chi connectivity index (χ1v) is 13.8. The van der Waals surface area contributed by atoms with Crippen LogP contribution in [0.4, 0.5) is 0 Å². The van der Waals surface area contributed by atoms with Crippen molar-refractivity contribution in [1.29, 1.82) is 0 Å². The number of benzene rings is 5. The number of aryl methyl sites for hydroxylation is 2. The smallest absolute Gasteiger partial charge is 0.213 e. The fourth-order valence-electron chi connectivity index (χ4n) is 6.33. The van der Waals surface area contributed by atoms with Crippen LogP contribution in [0.15, 0.2) is 124 Å². The van der Waals surface area contributed by atoms with Crippen molar-refractivity contribution in [2.45, 2.75) is 20.3 Å². The van der Waals surface area contributed by atoms with Crippen LogP contribution in [-0.2, 0) is 6.42 Å². The third-order valence-corrected chi connectivity index (χ3v) is 8.16. The molecule has 0 N–H and O–H groups in total. The normalized spacial score (nSPS) is 11.8. The van der Waals surface area contributed by atoms with E-state index in [9.17, 15) is 0 Å². The highest BCUT2D eigenvalue weighted by Gasteiger charge is 2.20. The first-order valence-electron chi connectivity index (χ1n) is 13.8. The van der Waals surface area contributed by atoms with E-state index in [4.69, 9.17) is 8.83 Å². The number of furan rings is 2. The Labute approximate surface area is 231 Å². The maximum absolute atomic E-state index is 6.47. The maximum atomic E-state index is 6.47. The molecule has 3 heterocycles. The second kappa shape index (κ2) is 8.75. The van der Waals surface area contributed by atoms with Crippen LogP contribution >= 0.6 is 0 Å². The summed E-state index contributed by atoms with van der Waals surface area (Å²) in [5.41, 5.74) is 11.0. The second-order valence-corrected chi connectivity index (χ2v) is 10.4. The standard InChI is InChI=1S/C37H27NO2/c1-3-24-11-4-5-14-28(24)35-23(2)39-34-20-19-26(22-31(34)35)25-12-10-13-27(21-25)38-32-17-8-6-15-29(32)36-30-16-7-9-18-33(30)40-37(36)38/h4-22H,3H2,1-2H3. The molecule has 3 nitrogen and oxygen atoms in total. The summed E-state index contributed by atoms with van der Waals surface area (Å²) >= 11 is 0. The number of hydrogen-bond donors (Lipinski definition) is 0. The maximum Gasteiger partial charge on any atom is 0.213 e. The van der Waals surface area contributed by atoms with Gasteiger partial charge in [0, 0.05) is 27.4 Å². The van der Waals surface area contributed by atoms with Gasteiger partial charge in [-0.25, -0.2) is 0 Å². The van der Waals surface area contributed by atoms with Crippen LogP contribution < -0.4 is 0 Å². The van der Waals surface area contributed by atoms with Crippen molar-refractivity contribution in [2.75, 3.05) is 0 Å². The summed E-state index contributed by atoms with van der Waals surface area (Å²) in [6.07, 6.45) is 0.977. The fraction of sp³-hybridized carbons (Fsp3) is 0.0811. The molecule has 0 saturated carbocycles. The lowest BCUT2D eigenvalue weighted by molar-refractivity contribution is 0.580. The van der Waals surface area contributed by atoms with Crippen LogP contribution in [0.25, 0.3) is 71.9 Å². The lowest BCUT2D eigenvalue weighted by Crippen LogP contribution is -1.93. The lowest BCUT2D eigenvalue weighted by Gasteiger charge is -2.10. The van der Waals surface area contributed by atoms with Gasteiger partial charge in [-0.05, 0) is 72.0 Å². The van der Waals surface area contributed by atoms with Crippen LogP contribution in [0.5, 0.6) is 0 Å². The van der Waals surface area contributed by atoms with Crippen molar-refractivity contribution in [1.82, 2.24) is 4.57 Å². The molecule has 3 heteroatoms. The number of nitrogens with zero attached hydrogens (tertiary/aromatic N) is 1. The van der Waals surface area contributed by atoms with Crippen molar-refractivity contribution in [3.05, 3.63) is 127 Å². The van der Waals surface area contributed by atoms with Crippen molar-refractivity contribution < 1.29 is 8.83 Å². The Morgan fingerprint density at radius 2 is 1.38 bits per heavy atom. The van der Waals surface area contributed by atoms with Gasteiger partial charge < -0.3 is 8.83 Å². The summed E-state index contributed by atoms with van der Waals surface area (Å²) in [5.74, 6) is 0.952. The van der Waals surface area contributed by atoms with Gasteiger partial charge in [-0.2, -0.15) is 0 Å². The van der Waals surface area contributed by atoms with Gasteiger partial charge in [0.25, 0.3) is 0 Å². The summed E-state index contributed by atoms with van der Waals surface area (Å²) in [4.78, 5) is 0. The second-order valence-electron chi connectivity index (χ2n) is 10.4. The average molecular weight is 518 g/mol. The Bertz CT molecular complexity index is 2220. The predicted molar refractivity (Wildman–Crippen MR) is 165 cm³/mol. The molecular formula is C37H27NO2. The molecule has 0 bridgehead atoms. The van der Waals surface area contributed by atoms with Gasteiger partial charge >= 0.3 is 0 Å². The molecular weight excluding hydrogens is 490 g/mol. The Morgan fingerprint density at radius 1 is 0.625 bits per heavy atom. The molecule has 0 aliphatic heterocycles. The van der Waals surface area contributed by atoms with E-state index in [1.54, 1.807) is 0 Å². The summed E-state index contributed by atoms with van der Waals surface area (Å²) in [7, 11) is 0. The molecule has 192 valence electrons. The van der Waals surface area contributed by atoms with Crippen LogP contribution in [0, 0.1) is 6.92 Å². The molecule has 0 aliphatic rings. The molecule has 0 spiro atoms. The molecule has 0 saturated heterocycles. The molecule has 0 unspecified atom stereocenters. The minimum Gasteiger partial charge on any atom is -0.461 e. The van der Waals surface area contributed by atoms with E-state index in [0.29, 0.717) is 0 Å². The van der Waals surface area contributed by atoms with Crippen molar-refractivity contribution >= 4 is 43.9 Å². The molecule has 5 aromatic carbocycles. The number of hydrogen-bond acceptors (Lipinski definition) is 2. The number of aromatic nitrogens is 1. The number of fused-ring (bicyclic) bond motifs is 6. The number of rotatable bonds is 4. The van der Waals surface area contributed by atoms with E-state index in [0.717, 1.165) is 67.6 Å². The topological polar surface area (TPSA) is 31.2 Å². The van der Waals surface area contributed by atoms with Gasteiger partial charge in [0.2, 0.25) is 5.71 Å². The molecule has 3 aromatic heterocycles. The first-order chi connectivity index (χ1) is 19.7. The lowest BCUT2D eigenvalue weighted by atomic mass is 9.94. The summed E-state index contributed by atoms with van der Waals surface area (Å²) in [6.45, 7) is 4.27. The molecule has 0 aliphatic carbocycles. The van der Waals surface area contributed by atoms with Gasteiger partial charge in [-0.1, -0.05) is 85.8 Å². The van der Waals surface area contributed by atoms with E-state index in [2.05, 4.69) is 122 Å². The third-order valence-electron chi connectivity index (χ3n) is 8.16. The van der Waals surface area contributed by atoms with E-state index in [1.807, 2.05) is 12.1 Å². The summed E-state index contributed by atoms with van der Waals surface area (Å²) in [5, 5.41) is 4.64. The molecule has 0 amide bonds. The van der Waals surface area contributed by atoms with Crippen LogP contribution in [-0.4, -0.2) is 4.57 Å². The van der Waals surface area contributed by atoms with Gasteiger partial charge in [-0.15, -0.1) is 0 Å². The van der Waals surface area contributed by atoms with Gasteiger partial charge in [0.1, 0.15) is 16.9 Å². The average Bonchev–Trinajstić information content (AvgIpc) is 3.64. The molecule has 8 rings (SSSR count). The zero-order valence-electron chi connectivity index (χ0n) is 22.4. The van der Waals surface area contributed by atoms with Gasteiger partial charge in [0.05, 0.1) is 10.9 Å². The minimum absolute atomic E-state index is 0.874. The molecule has 40 heavy (non-hydrogen) atoms. The fourth-order valence-corrected chi connectivity index (χ4v) is 6.33. The molecule has 0 fully saturated rings. The SMILES string of the molecule is CCc1ccccc1-c1c(C)oc2ccc(-c3cccc(-n4c5ccccc5c5c6ccccc6oc54)c3)cc12. The van der Waals surface area contributed by atoms with Gasteiger partial charge in [-0.3, -0.25) is 4.57 Å². The highest BCUT2D eigenvalue weighted by molar-refractivity contribution is 6.19. The van der Waals surface area contributed by atoms with E-state index in [1.165, 1.54) is 22.1 Å². The quantitative estimate of drug-likeness (QED) is 0.232. The van der Waals surface area contributed by atoms with Crippen LogP contribution in [0.3, 0.4) is 0 Å². The van der Waals surface area contributed by atoms with E-state index in [-0.39, 0.29) is 0 Å². The van der Waals surface area contributed by atoms with Crippen LogP contribution in [0.2, 0.25) is 0 Å². The van der Waals surface area contributed by atoms with Crippen molar-refractivity contribution in [3.8, 4) is 27.9 Å². The summed E-state index contributed by atoms with van der Waals surface area (Å²) < 4.78 is 14.9. The van der Waals surface area contributed by atoms with Crippen molar-refractivity contribution in [3.63, 3.8) is 0 Å². The van der Waals surface area contributed by atoms with Crippen molar-refractivity contribution in [2.24, 2.45) is 0 Å². The molecule has 0 radical (unpaired) electrons. The Kier molecular flexibility index (Phi) is 5.02. The highest BCUT2D eigenvalue weighted by Crippen LogP contribution is 2.41. The Morgan fingerprint density at radius 3 is 2.27 bits per heavy atom. The largest absolute Gasteiger partial charge is 0.461 e. The van der Waals surface area contributed by atoms with E-state index < -0.39 is 0 Å². The zero-order valence-corrected chi connectivity index (χ0v) is 22.4. The molecule has 8 aromatic rings.